The summed E-state index contributed by atoms with van der Waals surface area (Å²) in [6.07, 6.45) is 14.8. The number of nitrogens with one attached hydrogen (secondary N) is 1. The molecule has 1 heterocycles. The van der Waals surface area contributed by atoms with E-state index in [0.717, 1.165) is 77.0 Å². The third kappa shape index (κ3) is 2.80. The van der Waals surface area contributed by atoms with Gasteiger partial charge >= 0.3 is 0 Å². The van der Waals surface area contributed by atoms with Crippen LogP contribution in [0.5, 0.6) is 0 Å². The zero-order valence-electron chi connectivity index (χ0n) is 17.4. The first-order chi connectivity index (χ1) is 13.9. The lowest BCUT2D eigenvalue weighted by atomic mass is 9.43. The maximum absolute atomic E-state index is 13.5. The van der Waals surface area contributed by atoms with Gasteiger partial charge in [0.05, 0.1) is 10.8 Å². The van der Waals surface area contributed by atoms with Crippen molar-refractivity contribution in [3.63, 3.8) is 0 Å². The van der Waals surface area contributed by atoms with Crippen LogP contribution < -0.4 is 5.32 Å². The molecule has 4 nitrogen and oxygen atoms in total. The van der Waals surface area contributed by atoms with Crippen LogP contribution in [0.15, 0.2) is 0 Å². The molecule has 0 aromatic rings. The van der Waals surface area contributed by atoms with Crippen molar-refractivity contribution >= 4 is 28.7 Å². The normalized spacial score (nSPS) is 41.8. The molecule has 4 aliphatic carbocycles. The van der Waals surface area contributed by atoms with E-state index in [4.69, 9.17) is 11.6 Å². The summed E-state index contributed by atoms with van der Waals surface area (Å²) in [5.74, 6) is 0.612. The van der Waals surface area contributed by atoms with Crippen LogP contribution in [0.25, 0.3) is 0 Å². The Morgan fingerprint density at radius 1 is 0.690 bits per heavy atom. The Morgan fingerprint density at radius 3 is 1.45 bits per heavy atom. The molecule has 0 aromatic heterocycles. The third-order valence-corrected chi connectivity index (χ3v) is 10.2. The fourth-order valence-corrected chi connectivity index (χ4v) is 8.81. The highest BCUT2D eigenvalue weighted by Gasteiger charge is 2.70. The van der Waals surface area contributed by atoms with Crippen molar-refractivity contribution in [3.05, 3.63) is 0 Å². The maximum atomic E-state index is 13.5. The Bertz CT molecular complexity index is 652. The molecule has 0 aromatic carbocycles. The van der Waals surface area contributed by atoms with Crippen LogP contribution in [0.4, 0.5) is 0 Å². The molecule has 1 aliphatic heterocycles. The molecule has 5 rings (SSSR count). The van der Waals surface area contributed by atoms with Gasteiger partial charge in [-0.1, -0.05) is 38.5 Å². The van der Waals surface area contributed by atoms with Crippen molar-refractivity contribution in [1.82, 2.24) is 5.32 Å². The van der Waals surface area contributed by atoms with Gasteiger partial charge < -0.3 is 0 Å². The minimum atomic E-state index is -0.699. The molecule has 5 aliphatic rings. The molecule has 5 heteroatoms. The monoisotopic (exact) mass is 419 g/mol. The molecule has 1 N–H and O–H groups in total. The molecule has 1 saturated heterocycles. The summed E-state index contributed by atoms with van der Waals surface area (Å²) in [5, 5.41) is 2.58. The lowest BCUT2D eigenvalue weighted by molar-refractivity contribution is -0.181. The predicted molar refractivity (Wildman–Crippen MR) is 111 cm³/mol. The van der Waals surface area contributed by atoms with Gasteiger partial charge in [-0.25, -0.2) is 0 Å². The number of halogens is 1. The summed E-state index contributed by atoms with van der Waals surface area (Å²) < 4.78 is 0. The van der Waals surface area contributed by atoms with Crippen LogP contribution in [0.3, 0.4) is 0 Å². The summed E-state index contributed by atoms with van der Waals surface area (Å²) in [5.41, 5.74) is -1.87. The smallest absolute Gasteiger partial charge is 0.233 e. The van der Waals surface area contributed by atoms with Gasteiger partial charge in [0.1, 0.15) is 0 Å². The Hall–Kier alpha value is -0.900. The number of rotatable bonds is 4. The highest BCUT2D eigenvalue weighted by molar-refractivity contribution is 6.64. The summed E-state index contributed by atoms with van der Waals surface area (Å²) in [6, 6.07) is 0. The molecular formula is C24H34ClNO3. The Labute approximate surface area is 178 Å². The van der Waals surface area contributed by atoms with E-state index in [1.807, 2.05) is 0 Å². The van der Waals surface area contributed by atoms with Gasteiger partial charge in [0.25, 0.3) is 0 Å². The molecule has 2 amide bonds. The van der Waals surface area contributed by atoms with Crippen LogP contribution in [0, 0.1) is 34.0 Å². The van der Waals surface area contributed by atoms with Crippen molar-refractivity contribution in [3.8, 4) is 0 Å². The highest BCUT2D eigenvalue weighted by Crippen LogP contribution is 2.68. The zero-order valence-corrected chi connectivity index (χ0v) is 18.2. The van der Waals surface area contributed by atoms with Gasteiger partial charge in [0.2, 0.25) is 17.1 Å². The molecule has 4 saturated carbocycles. The van der Waals surface area contributed by atoms with Crippen molar-refractivity contribution in [1.29, 1.82) is 0 Å². The average Bonchev–Trinajstić information content (AvgIpc) is 3.49. The van der Waals surface area contributed by atoms with Gasteiger partial charge in [-0.15, -0.1) is 0 Å². The molecule has 2 bridgehead atoms. The lowest BCUT2D eigenvalue weighted by Gasteiger charge is -2.61. The van der Waals surface area contributed by atoms with Crippen LogP contribution >= 0.6 is 11.6 Å². The van der Waals surface area contributed by atoms with Crippen molar-refractivity contribution < 1.29 is 14.4 Å². The quantitative estimate of drug-likeness (QED) is 0.508. The standard InChI is InChI=1S/C24H34ClNO3/c25-19(27)22(16-7-1-2-8-16)13-23(17-9-3-4-10-17)15-24(14-22,18-11-5-6-12-18)21(29)26-20(23)28/h16-18H,1-15H2,(H,26,28,29). The third-order valence-electron chi connectivity index (χ3n) is 9.83. The largest absolute Gasteiger partial charge is 0.295 e. The predicted octanol–water partition coefficient (Wildman–Crippen LogP) is 5.12. The van der Waals surface area contributed by atoms with E-state index in [9.17, 15) is 14.4 Å². The van der Waals surface area contributed by atoms with E-state index in [1.165, 1.54) is 0 Å². The van der Waals surface area contributed by atoms with E-state index in [2.05, 4.69) is 5.32 Å². The SMILES string of the molecule is O=C(Cl)C1(C2CCCC2)CC2(C3CCCC3)CC(C3CCCC3)(C1)C(=O)NC2=O. The molecule has 160 valence electrons. The number of hydrogen-bond acceptors (Lipinski definition) is 3. The molecule has 2 unspecified atom stereocenters. The molecule has 5 fully saturated rings. The molecule has 2 atom stereocenters. The number of hydrogen-bond donors (Lipinski definition) is 1. The maximum Gasteiger partial charge on any atom is 0.233 e. The van der Waals surface area contributed by atoms with Gasteiger partial charge in [-0.05, 0) is 87.1 Å². The first-order valence-corrected chi connectivity index (χ1v) is 12.4. The van der Waals surface area contributed by atoms with E-state index in [1.54, 1.807) is 0 Å². The minimum Gasteiger partial charge on any atom is -0.295 e. The summed E-state index contributed by atoms with van der Waals surface area (Å²) in [7, 11) is 0. The summed E-state index contributed by atoms with van der Waals surface area (Å²) in [4.78, 5) is 40.2. The Morgan fingerprint density at radius 2 is 1.07 bits per heavy atom. The molecular weight excluding hydrogens is 386 g/mol. The zero-order chi connectivity index (χ0) is 20.3. The van der Waals surface area contributed by atoms with E-state index in [-0.39, 0.29) is 34.8 Å². The fraction of sp³-hybridized carbons (Fsp3) is 0.875. The number of imide groups is 1. The van der Waals surface area contributed by atoms with Gasteiger partial charge in [-0.2, -0.15) is 0 Å². The second kappa shape index (κ2) is 7.07. The second-order valence-electron chi connectivity index (χ2n) is 11.0. The number of carbonyl (C=O) groups excluding carboxylic acids is 3. The van der Waals surface area contributed by atoms with E-state index in [0.29, 0.717) is 19.3 Å². The molecule has 0 spiro atoms. The second-order valence-corrected chi connectivity index (χ2v) is 11.3. The fourth-order valence-electron chi connectivity index (χ4n) is 8.52. The number of fused-ring (bicyclic) bond motifs is 2. The number of piperidine rings is 1. The van der Waals surface area contributed by atoms with Gasteiger partial charge in [0.15, 0.2) is 0 Å². The molecule has 0 radical (unpaired) electrons. The van der Waals surface area contributed by atoms with Crippen molar-refractivity contribution in [2.24, 2.45) is 34.0 Å². The number of amides is 2. The summed E-state index contributed by atoms with van der Waals surface area (Å²) >= 11 is 6.46. The van der Waals surface area contributed by atoms with Gasteiger partial charge in [0, 0.05) is 5.41 Å². The molecule has 29 heavy (non-hydrogen) atoms. The van der Waals surface area contributed by atoms with Crippen LogP contribution in [-0.4, -0.2) is 17.1 Å². The Balaban J connectivity index is 1.67. The van der Waals surface area contributed by atoms with Crippen LogP contribution in [-0.2, 0) is 14.4 Å². The topological polar surface area (TPSA) is 63.2 Å². The highest BCUT2D eigenvalue weighted by atomic mass is 35.5. The van der Waals surface area contributed by atoms with E-state index < -0.39 is 16.2 Å². The lowest BCUT2D eigenvalue weighted by Crippen LogP contribution is -2.68. The van der Waals surface area contributed by atoms with Gasteiger partial charge in [-0.3, -0.25) is 19.7 Å². The van der Waals surface area contributed by atoms with Crippen molar-refractivity contribution in [2.45, 2.75) is 96.3 Å². The summed E-state index contributed by atoms with van der Waals surface area (Å²) in [6.45, 7) is 0. The van der Waals surface area contributed by atoms with Crippen molar-refractivity contribution in [2.75, 3.05) is 0 Å². The van der Waals surface area contributed by atoms with Crippen LogP contribution in [0.2, 0.25) is 0 Å². The van der Waals surface area contributed by atoms with E-state index >= 15 is 0 Å². The average molecular weight is 420 g/mol. The first-order valence-electron chi connectivity index (χ1n) is 12.0. The first kappa shape index (κ1) is 20.0. The number of carbonyl (C=O) groups is 3. The van der Waals surface area contributed by atoms with Crippen LogP contribution in [0.1, 0.15) is 96.3 Å². The Kier molecular flexibility index (Phi) is 4.88. The minimum absolute atomic E-state index is 0.0944.